The van der Waals surface area contributed by atoms with Crippen LogP contribution in [0.25, 0.3) is 10.9 Å². The number of nitrogens with zero attached hydrogens (tertiary/aromatic N) is 1. The Morgan fingerprint density at radius 1 is 1.00 bits per heavy atom. The van der Waals surface area contributed by atoms with Crippen molar-refractivity contribution in [2.24, 2.45) is 5.73 Å². The van der Waals surface area contributed by atoms with Crippen molar-refractivity contribution >= 4 is 10.9 Å². The quantitative estimate of drug-likeness (QED) is 0.768. The van der Waals surface area contributed by atoms with Crippen LogP contribution in [-0.2, 0) is 12.8 Å². The molecule has 1 unspecified atom stereocenters. The standard InChI is InChI=1S/C18H17N3/c19-13-18(20,10-14-6-2-1-3-7-14)11-15-12-21-17-9-5-4-8-16(15)17/h1-9,12,21H,10-11,20H2. The maximum Gasteiger partial charge on any atom is 0.112 e. The van der Waals surface area contributed by atoms with Gasteiger partial charge >= 0.3 is 0 Å². The van der Waals surface area contributed by atoms with Crippen LogP contribution in [0.15, 0.2) is 60.8 Å². The Balaban J connectivity index is 1.89. The van der Waals surface area contributed by atoms with Crippen LogP contribution in [0, 0.1) is 11.3 Å². The molecule has 0 fully saturated rings. The van der Waals surface area contributed by atoms with Crippen LogP contribution in [0.1, 0.15) is 11.1 Å². The summed E-state index contributed by atoms with van der Waals surface area (Å²) in [7, 11) is 0. The van der Waals surface area contributed by atoms with Crippen LogP contribution in [-0.4, -0.2) is 10.5 Å². The molecule has 3 aromatic rings. The molecule has 1 atom stereocenters. The Labute approximate surface area is 124 Å². The number of nitriles is 1. The summed E-state index contributed by atoms with van der Waals surface area (Å²) in [5.41, 5.74) is 8.69. The second-order valence-electron chi connectivity index (χ2n) is 5.47. The van der Waals surface area contributed by atoms with Crippen molar-refractivity contribution in [3.8, 4) is 6.07 Å². The van der Waals surface area contributed by atoms with E-state index in [1.54, 1.807) is 0 Å². The number of hydrogen-bond donors (Lipinski definition) is 2. The number of aromatic nitrogens is 1. The normalized spacial score (nSPS) is 13.7. The van der Waals surface area contributed by atoms with E-state index in [1.807, 2.05) is 54.7 Å². The van der Waals surface area contributed by atoms with Crippen molar-refractivity contribution in [2.75, 3.05) is 0 Å². The van der Waals surface area contributed by atoms with E-state index in [2.05, 4.69) is 17.1 Å². The predicted octanol–water partition coefficient (Wildman–Crippen LogP) is 3.17. The van der Waals surface area contributed by atoms with E-state index in [1.165, 1.54) is 0 Å². The number of nitrogens with two attached hydrogens (primary N) is 1. The summed E-state index contributed by atoms with van der Waals surface area (Å²) in [6.07, 6.45) is 3.03. The molecular weight excluding hydrogens is 258 g/mol. The molecule has 2 aromatic carbocycles. The lowest BCUT2D eigenvalue weighted by Gasteiger charge is -2.21. The average molecular weight is 275 g/mol. The van der Waals surface area contributed by atoms with Gasteiger partial charge in [-0.05, 0) is 17.2 Å². The minimum Gasteiger partial charge on any atom is -0.361 e. The van der Waals surface area contributed by atoms with Crippen molar-refractivity contribution in [1.29, 1.82) is 5.26 Å². The van der Waals surface area contributed by atoms with Crippen LogP contribution >= 0.6 is 0 Å². The molecule has 0 aliphatic rings. The zero-order chi connectivity index (χ0) is 14.7. The van der Waals surface area contributed by atoms with Gasteiger partial charge in [0.1, 0.15) is 5.54 Å². The Kier molecular flexibility index (Phi) is 3.47. The Bertz CT molecular complexity index is 783. The van der Waals surface area contributed by atoms with Crippen LogP contribution in [0.4, 0.5) is 0 Å². The molecule has 0 aliphatic heterocycles. The lowest BCUT2D eigenvalue weighted by atomic mass is 9.87. The minimum absolute atomic E-state index is 0.530. The zero-order valence-corrected chi connectivity index (χ0v) is 11.7. The molecule has 104 valence electrons. The Morgan fingerprint density at radius 3 is 2.48 bits per heavy atom. The number of rotatable bonds is 4. The average Bonchev–Trinajstić information content (AvgIpc) is 2.91. The van der Waals surface area contributed by atoms with E-state index < -0.39 is 5.54 Å². The highest BCUT2D eigenvalue weighted by molar-refractivity contribution is 5.83. The van der Waals surface area contributed by atoms with E-state index in [0.29, 0.717) is 12.8 Å². The first-order chi connectivity index (χ1) is 10.2. The lowest BCUT2D eigenvalue weighted by molar-refractivity contribution is 0.537. The zero-order valence-electron chi connectivity index (χ0n) is 11.7. The van der Waals surface area contributed by atoms with E-state index >= 15 is 0 Å². The lowest BCUT2D eigenvalue weighted by Crippen LogP contribution is -2.42. The number of aromatic amines is 1. The highest BCUT2D eigenvalue weighted by Gasteiger charge is 2.26. The highest BCUT2D eigenvalue weighted by Crippen LogP contribution is 2.23. The van der Waals surface area contributed by atoms with Crippen LogP contribution in [0.2, 0.25) is 0 Å². The van der Waals surface area contributed by atoms with E-state index in [-0.39, 0.29) is 0 Å². The molecule has 3 nitrogen and oxygen atoms in total. The summed E-state index contributed by atoms with van der Waals surface area (Å²) in [5.74, 6) is 0. The van der Waals surface area contributed by atoms with Gasteiger partial charge < -0.3 is 10.7 Å². The third-order valence-electron chi connectivity index (χ3n) is 3.77. The van der Waals surface area contributed by atoms with Gasteiger partial charge in [-0.2, -0.15) is 5.26 Å². The smallest absolute Gasteiger partial charge is 0.112 e. The number of nitrogens with one attached hydrogen (secondary N) is 1. The van der Waals surface area contributed by atoms with Crippen LogP contribution in [0.3, 0.4) is 0 Å². The van der Waals surface area contributed by atoms with Crippen molar-refractivity contribution in [3.63, 3.8) is 0 Å². The number of H-pyrrole nitrogens is 1. The van der Waals surface area contributed by atoms with Crippen molar-refractivity contribution in [3.05, 3.63) is 71.9 Å². The van der Waals surface area contributed by atoms with Gasteiger partial charge in [0, 0.05) is 29.9 Å². The molecule has 0 amide bonds. The second-order valence-corrected chi connectivity index (χ2v) is 5.47. The number of hydrogen-bond acceptors (Lipinski definition) is 2. The summed E-state index contributed by atoms with van der Waals surface area (Å²) in [4.78, 5) is 3.23. The van der Waals surface area contributed by atoms with Gasteiger partial charge in [0.05, 0.1) is 6.07 Å². The molecule has 0 bridgehead atoms. The van der Waals surface area contributed by atoms with E-state index in [4.69, 9.17) is 5.73 Å². The van der Waals surface area contributed by atoms with E-state index in [0.717, 1.165) is 22.0 Å². The summed E-state index contributed by atoms with van der Waals surface area (Å²) >= 11 is 0. The Hall–Kier alpha value is -2.57. The Morgan fingerprint density at radius 2 is 1.71 bits per heavy atom. The molecule has 1 aromatic heterocycles. The second kappa shape index (κ2) is 5.43. The third-order valence-corrected chi connectivity index (χ3v) is 3.77. The van der Waals surface area contributed by atoms with Gasteiger partial charge in [0.25, 0.3) is 0 Å². The maximum absolute atomic E-state index is 9.53. The van der Waals surface area contributed by atoms with E-state index in [9.17, 15) is 5.26 Å². The molecular formula is C18H17N3. The monoisotopic (exact) mass is 275 g/mol. The van der Waals surface area contributed by atoms with Gasteiger partial charge in [-0.15, -0.1) is 0 Å². The molecule has 0 radical (unpaired) electrons. The van der Waals surface area contributed by atoms with Crippen molar-refractivity contribution < 1.29 is 0 Å². The van der Waals surface area contributed by atoms with Crippen LogP contribution < -0.4 is 5.73 Å². The molecule has 0 saturated carbocycles. The minimum atomic E-state index is -0.897. The van der Waals surface area contributed by atoms with Gasteiger partial charge in [0.2, 0.25) is 0 Å². The van der Waals surface area contributed by atoms with Gasteiger partial charge in [-0.1, -0.05) is 48.5 Å². The summed E-state index contributed by atoms with van der Waals surface area (Å²) in [6.45, 7) is 0. The summed E-state index contributed by atoms with van der Waals surface area (Å²) in [6, 6.07) is 20.3. The fourth-order valence-corrected chi connectivity index (χ4v) is 2.72. The molecule has 0 saturated heterocycles. The number of benzene rings is 2. The first-order valence-electron chi connectivity index (χ1n) is 6.99. The topological polar surface area (TPSA) is 65.6 Å². The molecule has 0 aliphatic carbocycles. The summed E-state index contributed by atoms with van der Waals surface area (Å²) < 4.78 is 0. The molecule has 3 N–H and O–H groups in total. The largest absolute Gasteiger partial charge is 0.361 e. The molecule has 1 heterocycles. The fourth-order valence-electron chi connectivity index (χ4n) is 2.72. The van der Waals surface area contributed by atoms with Crippen molar-refractivity contribution in [2.45, 2.75) is 18.4 Å². The first-order valence-corrected chi connectivity index (χ1v) is 6.99. The predicted molar refractivity (Wildman–Crippen MR) is 84.7 cm³/mol. The molecule has 21 heavy (non-hydrogen) atoms. The molecule has 3 rings (SSSR count). The van der Waals surface area contributed by atoms with Crippen LogP contribution in [0.5, 0.6) is 0 Å². The van der Waals surface area contributed by atoms with Gasteiger partial charge in [0.15, 0.2) is 0 Å². The maximum atomic E-state index is 9.53. The molecule has 0 spiro atoms. The third kappa shape index (κ3) is 2.81. The SMILES string of the molecule is N#CC(N)(Cc1ccccc1)Cc1c[nH]c2ccccc12. The van der Waals surface area contributed by atoms with Crippen molar-refractivity contribution in [1.82, 2.24) is 4.98 Å². The number of para-hydroxylation sites is 1. The number of fused-ring (bicyclic) bond motifs is 1. The van der Waals surface area contributed by atoms with Gasteiger partial charge in [-0.3, -0.25) is 0 Å². The summed E-state index contributed by atoms with van der Waals surface area (Å²) in [5, 5.41) is 10.7. The fraction of sp³-hybridized carbons (Fsp3) is 0.167. The first kappa shape index (κ1) is 13.4. The molecule has 3 heteroatoms. The highest BCUT2D eigenvalue weighted by atomic mass is 14.7. The van der Waals surface area contributed by atoms with Gasteiger partial charge in [-0.25, -0.2) is 0 Å².